The van der Waals surface area contributed by atoms with Crippen molar-refractivity contribution < 1.29 is 9.18 Å². The third-order valence-corrected chi connectivity index (χ3v) is 4.31. The second kappa shape index (κ2) is 6.61. The average molecular weight is 366 g/mol. The molecule has 1 aromatic heterocycles. The van der Waals surface area contributed by atoms with E-state index in [9.17, 15) is 9.18 Å². The standard InChI is InChI=1S/C20H13ClFN3O/c21-14-4-3-5-15(22)18(14)20(26)23-13-10-8-12(9-11-13)19-24-16-6-1-2-7-17(16)25-19/h1-11H,(H,23,26)(H,24,25). The highest BCUT2D eigenvalue weighted by Crippen LogP contribution is 2.24. The normalized spacial score (nSPS) is 10.8. The summed E-state index contributed by atoms with van der Waals surface area (Å²) in [7, 11) is 0. The molecule has 0 saturated heterocycles. The number of benzene rings is 3. The minimum absolute atomic E-state index is 0.0707. The summed E-state index contributed by atoms with van der Waals surface area (Å²) in [6.07, 6.45) is 0. The van der Waals surface area contributed by atoms with Gasteiger partial charge in [0, 0.05) is 11.3 Å². The van der Waals surface area contributed by atoms with Crippen molar-refractivity contribution >= 4 is 34.2 Å². The summed E-state index contributed by atoms with van der Waals surface area (Å²) in [6.45, 7) is 0. The molecule has 0 aliphatic rings. The van der Waals surface area contributed by atoms with Crippen LogP contribution in [-0.2, 0) is 0 Å². The van der Waals surface area contributed by atoms with E-state index < -0.39 is 11.7 Å². The first-order valence-electron chi connectivity index (χ1n) is 7.92. The minimum atomic E-state index is -0.658. The van der Waals surface area contributed by atoms with Gasteiger partial charge in [0.05, 0.1) is 21.6 Å². The number of hydrogen-bond acceptors (Lipinski definition) is 2. The molecule has 4 rings (SSSR count). The number of para-hydroxylation sites is 2. The SMILES string of the molecule is O=C(Nc1ccc(-c2nc3ccccc3[nH]2)cc1)c1c(F)cccc1Cl. The van der Waals surface area contributed by atoms with Gasteiger partial charge in [-0.25, -0.2) is 9.37 Å². The molecule has 0 aliphatic carbocycles. The molecule has 4 nitrogen and oxygen atoms in total. The van der Waals surface area contributed by atoms with Crippen LogP contribution < -0.4 is 5.32 Å². The summed E-state index contributed by atoms with van der Waals surface area (Å²) in [5.41, 5.74) is 3.08. The number of aromatic nitrogens is 2. The zero-order chi connectivity index (χ0) is 18.1. The molecule has 4 aromatic rings. The van der Waals surface area contributed by atoms with Gasteiger partial charge < -0.3 is 10.3 Å². The number of H-pyrrole nitrogens is 1. The van der Waals surface area contributed by atoms with Crippen LogP contribution in [0, 0.1) is 5.82 Å². The second-order valence-electron chi connectivity index (χ2n) is 5.73. The molecule has 26 heavy (non-hydrogen) atoms. The second-order valence-corrected chi connectivity index (χ2v) is 6.14. The van der Waals surface area contributed by atoms with Gasteiger partial charge in [0.1, 0.15) is 11.6 Å². The van der Waals surface area contributed by atoms with Gasteiger partial charge in [-0.3, -0.25) is 4.79 Å². The smallest absolute Gasteiger partial charge is 0.260 e. The predicted octanol–water partition coefficient (Wildman–Crippen LogP) is 5.27. The minimum Gasteiger partial charge on any atom is -0.338 e. The fourth-order valence-corrected chi connectivity index (χ4v) is 2.96. The Kier molecular flexibility index (Phi) is 4.14. The predicted molar refractivity (Wildman–Crippen MR) is 101 cm³/mol. The molecule has 0 bridgehead atoms. The van der Waals surface area contributed by atoms with Crippen molar-refractivity contribution in [3.8, 4) is 11.4 Å². The first-order valence-corrected chi connectivity index (χ1v) is 8.30. The number of carbonyl (C=O) groups excluding carboxylic acids is 1. The Morgan fingerprint density at radius 3 is 2.50 bits per heavy atom. The number of imidazole rings is 1. The van der Waals surface area contributed by atoms with Gasteiger partial charge in [0.15, 0.2) is 0 Å². The van der Waals surface area contributed by atoms with Crippen LogP contribution in [0.4, 0.5) is 10.1 Å². The van der Waals surface area contributed by atoms with Crippen molar-refractivity contribution in [3.05, 3.63) is 83.1 Å². The van der Waals surface area contributed by atoms with Gasteiger partial charge in [-0.1, -0.05) is 29.8 Å². The van der Waals surface area contributed by atoms with Crippen LogP contribution in [0.2, 0.25) is 5.02 Å². The van der Waals surface area contributed by atoms with Crippen molar-refractivity contribution in [1.82, 2.24) is 9.97 Å². The monoisotopic (exact) mass is 365 g/mol. The summed E-state index contributed by atoms with van der Waals surface area (Å²) < 4.78 is 13.8. The quantitative estimate of drug-likeness (QED) is 0.519. The van der Waals surface area contributed by atoms with E-state index in [4.69, 9.17) is 11.6 Å². The topological polar surface area (TPSA) is 57.8 Å². The molecule has 0 unspecified atom stereocenters. The van der Waals surface area contributed by atoms with E-state index in [-0.39, 0.29) is 10.6 Å². The number of hydrogen-bond donors (Lipinski definition) is 2. The fourth-order valence-electron chi connectivity index (χ4n) is 2.71. The average Bonchev–Trinajstić information content (AvgIpc) is 3.06. The fraction of sp³-hybridized carbons (Fsp3) is 0. The zero-order valence-electron chi connectivity index (χ0n) is 13.5. The van der Waals surface area contributed by atoms with Crippen LogP contribution in [0.15, 0.2) is 66.7 Å². The van der Waals surface area contributed by atoms with Crippen molar-refractivity contribution in [1.29, 1.82) is 0 Å². The molecule has 0 fully saturated rings. The molecule has 2 N–H and O–H groups in total. The molecule has 0 aliphatic heterocycles. The lowest BCUT2D eigenvalue weighted by Crippen LogP contribution is -2.14. The maximum absolute atomic E-state index is 13.8. The molecular weight excluding hydrogens is 353 g/mol. The molecule has 3 aromatic carbocycles. The van der Waals surface area contributed by atoms with E-state index >= 15 is 0 Å². The number of rotatable bonds is 3. The largest absolute Gasteiger partial charge is 0.338 e. The summed E-state index contributed by atoms with van der Waals surface area (Å²) in [5.74, 6) is -0.514. The lowest BCUT2D eigenvalue weighted by atomic mass is 10.1. The van der Waals surface area contributed by atoms with Crippen molar-refractivity contribution in [2.75, 3.05) is 5.32 Å². The van der Waals surface area contributed by atoms with Gasteiger partial charge in [0.2, 0.25) is 0 Å². The molecule has 6 heteroatoms. The Bertz CT molecular complexity index is 1050. The lowest BCUT2D eigenvalue weighted by molar-refractivity contribution is 0.102. The zero-order valence-corrected chi connectivity index (χ0v) is 14.2. The summed E-state index contributed by atoms with van der Waals surface area (Å²) >= 11 is 5.92. The molecule has 0 radical (unpaired) electrons. The highest BCUT2D eigenvalue weighted by atomic mass is 35.5. The van der Waals surface area contributed by atoms with Gasteiger partial charge in [-0.2, -0.15) is 0 Å². The number of halogens is 2. The first kappa shape index (κ1) is 16.3. The molecule has 0 atom stereocenters. The van der Waals surface area contributed by atoms with Crippen LogP contribution in [0.3, 0.4) is 0 Å². The Hall–Kier alpha value is -3.18. The van der Waals surface area contributed by atoms with Crippen LogP contribution in [0.1, 0.15) is 10.4 Å². The number of fused-ring (bicyclic) bond motifs is 1. The lowest BCUT2D eigenvalue weighted by Gasteiger charge is -2.08. The molecule has 1 heterocycles. The van der Waals surface area contributed by atoms with E-state index in [1.807, 2.05) is 36.4 Å². The van der Waals surface area contributed by atoms with Crippen LogP contribution in [0.25, 0.3) is 22.4 Å². The van der Waals surface area contributed by atoms with E-state index in [2.05, 4.69) is 15.3 Å². The highest BCUT2D eigenvalue weighted by Gasteiger charge is 2.16. The summed E-state index contributed by atoms with van der Waals surface area (Å²) in [6, 6.07) is 19.0. The number of nitrogens with zero attached hydrogens (tertiary/aromatic N) is 1. The summed E-state index contributed by atoms with van der Waals surface area (Å²) in [5, 5.41) is 2.72. The molecular formula is C20H13ClFN3O. The number of carbonyl (C=O) groups is 1. The van der Waals surface area contributed by atoms with Gasteiger partial charge in [-0.05, 0) is 48.5 Å². The number of aromatic amines is 1. The first-order chi connectivity index (χ1) is 12.6. The van der Waals surface area contributed by atoms with E-state index in [1.54, 1.807) is 12.1 Å². The van der Waals surface area contributed by atoms with Gasteiger partial charge in [0.25, 0.3) is 5.91 Å². The van der Waals surface area contributed by atoms with E-state index in [0.29, 0.717) is 5.69 Å². The number of amides is 1. The highest BCUT2D eigenvalue weighted by molar-refractivity contribution is 6.34. The van der Waals surface area contributed by atoms with Gasteiger partial charge in [-0.15, -0.1) is 0 Å². The molecule has 128 valence electrons. The Labute approximate surface area is 153 Å². The van der Waals surface area contributed by atoms with Crippen LogP contribution in [-0.4, -0.2) is 15.9 Å². The Balaban J connectivity index is 1.57. The van der Waals surface area contributed by atoms with Crippen LogP contribution in [0.5, 0.6) is 0 Å². The maximum Gasteiger partial charge on any atom is 0.260 e. The van der Waals surface area contributed by atoms with E-state index in [1.165, 1.54) is 18.2 Å². The number of anilines is 1. The summed E-state index contributed by atoms with van der Waals surface area (Å²) in [4.78, 5) is 20.1. The number of nitrogens with one attached hydrogen (secondary N) is 2. The molecule has 0 saturated carbocycles. The van der Waals surface area contributed by atoms with Crippen molar-refractivity contribution in [2.45, 2.75) is 0 Å². The molecule has 0 spiro atoms. The Morgan fingerprint density at radius 2 is 1.77 bits per heavy atom. The third-order valence-electron chi connectivity index (χ3n) is 4.00. The Morgan fingerprint density at radius 1 is 1.00 bits per heavy atom. The van der Waals surface area contributed by atoms with Gasteiger partial charge >= 0.3 is 0 Å². The van der Waals surface area contributed by atoms with E-state index in [0.717, 1.165) is 22.4 Å². The maximum atomic E-state index is 13.8. The molecule has 1 amide bonds. The third kappa shape index (κ3) is 3.05. The van der Waals surface area contributed by atoms with Crippen molar-refractivity contribution in [3.63, 3.8) is 0 Å². The van der Waals surface area contributed by atoms with Crippen molar-refractivity contribution in [2.24, 2.45) is 0 Å². The van der Waals surface area contributed by atoms with Crippen LogP contribution >= 0.6 is 11.6 Å².